The molecule has 0 fully saturated rings. The number of benzene rings is 4. The first-order valence-corrected chi connectivity index (χ1v) is 15.2. The Morgan fingerprint density at radius 2 is 1.10 bits per heavy atom. The topological polar surface area (TPSA) is 36.9 Å². The minimum Gasteiger partial charge on any atom is -0.394 e. The maximum atomic E-state index is 5.60. The number of hydrogen-bond acceptors (Lipinski definition) is 4. The van der Waals surface area contributed by atoms with Crippen molar-refractivity contribution in [2.75, 3.05) is 40.8 Å². The van der Waals surface area contributed by atoms with E-state index in [1.165, 1.54) is 50.1 Å². The highest BCUT2D eigenvalue weighted by Crippen LogP contribution is 2.33. The lowest BCUT2D eigenvalue weighted by atomic mass is 9.93. The SMILES string of the molecule is CN(C)CCON=C1c2ccccc2CCc2ccccc21.CNCCC=C1c2ccccc2CCc2ccccc21. The van der Waals surface area contributed by atoms with Crippen molar-refractivity contribution >= 4 is 11.3 Å². The molecule has 0 bridgehead atoms. The summed E-state index contributed by atoms with van der Waals surface area (Å²) >= 11 is 0. The predicted molar refractivity (Wildman–Crippen MR) is 176 cm³/mol. The Bertz CT molecular complexity index is 1440. The van der Waals surface area contributed by atoms with Gasteiger partial charge in [-0.2, -0.15) is 0 Å². The molecular formula is C38H43N3O. The van der Waals surface area contributed by atoms with E-state index in [1.807, 2.05) is 21.1 Å². The summed E-state index contributed by atoms with van der Waals surface area (Å²) in [6.45, 7) is 2.48. The van der Waals surface area contributed by atoms with Crippen molar-refractivity contribution in [2.24, 2.45) is 5.16 Å². The molecule has 4 aromatic rings. The van der Waals surface area contributed by atoms with Crippen molar-refractivity contribution in [3.05, 3.63) is 148 Å². The molecule has 0 spiro atoms. The maximum Gasteiger partial charge on any atom is 0.129 e. The van der Waals surface area contributed by atoms with Gasteiger partial charge in [0.25, 0.3) is 0 Å². The molecule has 42 heavy (non-hydrogen) atoms. The molecule has 0 atom stereocenters. The molecule has 0 unspecified atom stereocenters. The zero-order chi connectivity index (χ0) is 29.1. The maximum absolute atomic E-state index is 5.60. The van der Waals surface area contributed by atoms with E-state index in [-0.39, 0.29) is 0 Å². The van der Waals surface area contributed by atoms with Crippen LogP contribution in [0.3, 0.4) is 0 Å². The fourth-order valence-electron chi connectivity index (χ4n) is 5.78. The van der Waals surface area contributed by atoms with Crippen LogP contribution in [0.1, 0.15) is 50.9 Å². The number of aryl methyl sites for hydroxylation is 4. The molecule has 0 aliphatic heterocycles. The van der Waals surface area contributed by atoms with Gasteiger partial charge in [0.2, 0.25) is 0 Å². The van der Waals surface area contributed by atoms with Gasteiger partial charge in [-0.25, -0.2) is 0 Å². The Balaban J connectivity index is 0.000000169. The van der Waals surface area contributed by atoms with E-state index in [0.717, 1.165) is 50.9 Å². The fourth-order valence-corrected chi connectivity index (χ4v) is 5.78. The molecule has 1 N–H and O–H groups in total. The zero-order valence-corrected chi connectivity index (χ0v) is 25.3. The summed E-state index contributed by atoms with van der Waals surface area (Å²) in [7, 11) is 6.08. The number of likely N-dealkylation sites (N-methyl/N-ethyl adjacent to an activating group) is 1. The van der Waals surface area contributed by atoms with Crippen LogP contribution in [-0.2, 0) is 30.5 Å². The van der Waals surface area contributed by atoms with Crippen molar-refractivity contribution in [1.29, 1.82) is 0 Å². The summed E-state index contributed by atoms with van der Waals surface area (Å²) in [6, 6.07) is 34.7. The standard InChI is InChI=1S/C19H22N2O.C19H21N/c1-21(2)13-14-22-20-19-17-9-5-3-7-15(17)11-12-16-8-4-6-10-18(16)19;1-20-14-6-11-19-17-9-4-2-7-15(17)12-13-16-8-3-5-10-18(16)19/h3-10H,11-14H2,1-2H3;2-5,7-11,20H,6,12-14H2,1H3. The molecular weight excluding hydrogens is 514 g/mol. The van der Waals surface area contributed by atoms with Crippen molar-refractivity contribution in [1.82, 2.24) is 10.2 Å². The first kappa shape index (κ1) is 29.5. The summed E-state index contributed by atoms with van der Waals surface area (Å²) in [4.78, 5) is 7.69. The molecule has 0 saturated carbocycles. The Morgan fingerprint density at radius 1 is 0.667 bits per heavy atom. The van der Waals surface area contributed by atoms with Crippen LogP contribution in [0, 0.1) is 0 Å². The van der Waals surface area contributed by atoms with E-state index >= 15 is 0 Å². The summed E-state index contributed by atoms with van der Waals surface area (Å²) in [5.74, 6) is 0. The largest absolute Gasteiger partial charge is 0.394 e. The highest BCUT2D eigenvalue weighted by molar-refractivity contribution is 6.14. The van der Waals surface area contributed by atoms with Gasteiger partial charge in [0.05, 0.1) is 0 Å². The Labute approximate surface area is 251 Å². The van der Waals surface area contributed by atoms with E-state index in [2.05, 4.69) is 119 Å². The van der Waals surface area contributed by atoms with Gasteiger partial charge in [-0.05, 0) is 98.7 Å². The first-order valence-electron chi connectivity index (χ1n) is 15.2. The van der Waals surface area contributed by atoms with Gasteiger partial charge >= 0.3 is 0 Å². The van der Waals surface area contributed by atoms with Crippen molar-refractivity contribution in [3.63, 3.8) is 0 Å². The summed E-state index contributed by atoms with van der Waals surface area (Å²) < 4.78 is 0. The van der Waals surface area contributed by atoms with E-state index in [0.29, 0.717) is 6.61 Å². The Hall–Kier alpha value is -3.99. The third kappa shape index (κ3) is 7.25. The molecule has 0 saturated heterocycles. The lowest BCUT2D eigenvalue weighted by Gasteiger charge is -2.12. The van der Waals surface area contributed by atoms with Crippen LogP contribution in [0.5, 0.6) is 0 Å². The number of nitrogens with zero attached hydrogens (tertiary/aromatic N) is 2. The average Bonchev–Trinajstić information content (AvgIpc) is 3.28. The molecule has 0 amide bonds. The molecule has 0 aromatic heterocycles. The average molecular weight is 558 g/mol. The molecule has 6 rings (SSSR count). The van der Waals surface area contributed by atoms with E-state index in [1.54, 1.807) is 0 Å². The van der Waals surface area contributed by atoms with Gasteiger partial charge in [0.1, 0.15) is 12.3 Å². The van der Waals surface area contributed by atoms with Crippen LogP contribution in [0.15, 0.2) is 108 Å². The highest BCUT2D eigenvalue weighted by Gasteiger charge is 2.20. The second-order valence-electron chi connectivity index (χ2n) is 11.2. The summed E-state index contributed by atoms with van der Waals surface area (Å²) in [5, 5.41) is 7.71. The monoisotopic (exact) mass is 557 g/mol. The fraction of sp³-hybridized carbons (Fsp3) is 0.289. The van der Waals surface area contributed by atoms with Gasteiger partial charge < -0.3 is 15.1 Å². The predicted octanol–water partition coefficient (Wildman–Crippen LogP) is 6.94. The third-order valence-electron chi connectivity index (χ3n) is 8.02. The lowest BCUT2D eigenvalue weighted by molar-refractivity contribution is 0.126. The van der Waals surface area contributed by atoms with Crippen molar-refractivity contribution < 1.29 is 4.84 Å². The Kier molecular flexibility index (Phi) is 10.4. The number of hydrogen-bond donors (Lipinski definition) is 1. The Morgan fingerprint density at radius 3 is 1.55 bits per heavy atom. The lowest BCUT2D eigenvalue weighted by Crippen LogP contribution is -2.17. The number of rotatable bonds is 7. The van der Waals surface area contributed by atoms with Crippen molar-refractivity contribution in [3.8, 4) is 0 Å². The van der Waals surface area contributed by atoms with Gasteiger partial charge in [-0.3, -0.25) is 0 Å². The van der Waals surface area contributed by atoms with Crippen molar-refractivity contribution in [2.45, 2.75) is 32.1 Å². The highest BCUT2D eigenvalue weighted by atomic mass is 16.6. The second kappa shape index (κ2) is 14.8. The molecule has 4 aromatic carbocycles. The van der Waals surface area contributed by atoms with Gasteiger partial charge in [-0.15, -0.1) is 0 Å². The van der Waals surface area contributed by atoms with Crippen LogP contribution in [0.25, 0.3) is 5.57 Å². The third-order valence-corrected chi connectivity index (χ3v) is 8.02. The van der Waals surface area contributed by atoms with Crippen LogP contribution in [-0.4, -0.2) is 51.5 Å². The van der Waals surface area contributed by atoms with Crippen LogP contribution in [0.4, 0.5) is 0 Å². The number of oxime groups is 1. The first-order chi connectivity index (χ1) is 20.7. The molecule has 2 aliphatic rings. The normalized spacial score (nSPS) is 13.3. The minimum absolute atomic E-state index is 0.598. The molecule has 2 aliphatic carbocycles. The zero-order valence-electron chi connectivity index (χ0n) is 25.3. The smallest absolute Gasteiger partial charge is 0.129 e. The van der Waals surface area contributed by atoms with Gasteiger partial charge in [0, 0.05) is 17.7 Å². The van der Waals surface area contributed by atoms with Crippen LogP contribution < -0.4 is 5.32 Å². The van der Waals surface area contributed by atoms with Crippen LogP contribution >= 0.6 is 0 Å². The van der Waals surface area contributed by atoms with E-state index in [4.69, 9.17) is 4.84 Å². The number of nitrogens with one attached hydrogen (secondary N) is 1. The van der Waals surface area contributed by atoms with Crippen LogP contribution in [0.2, 0.25) is 0 Å². The van der Waals surface area contributed by atoms with Gasteiger partial charge in [-0.1, -0.05) is 108 Å². The molecule has 4 heteroatoms. The minimum atomic E-state index is 0.598. The number of fused-ring (bicyclic) bond motifs is 4. The summed E-state index contributed by atoms with van der Waals surface area (Å²) in [5.41, 5.74) is 13.2. The van der Waals surface area contributed by atoms with Gasteiger partial charge in [0.15, 0.2) is 0 Å². The summed E-state index contributed by atoms with van der Waals surface area (Å²) in [6.07, 6.45) is 7.81. The molecule has 0 heterocycles. The molecule has 216 valence electrons. The molecule has 4 nitrogen and oxygen atoms in total. The molecule has 0 radical (unpaired) electrons. The quantitative estimate of drug-likeness (QED) is 0.198. The van der Waals surface area contributed by atoms with E-state index in [9.17, 15) is 0 Å². The second-order valence-corrected chi connectivity index (χ2v) is 11.2. The van der Waals surface area contributed by atoms with E-state index < -0.39 is 0 Å².